The van der Waals surface area contributed by atoms with E-state index in [1.807, 2.05) is 0 Å². The summed E-state index contributed by atoms with van der Waals surface area (Å²) in [6.45, 7) is 4.53. The van der Waals surface area contributed by atoms with Crippen molar-refractivity contribution in [1.29, 1.82) is 0 Å². The SMILES string of the molecule is CC(=O)OC[C@H]1O[C@@H](OCCOCCN)[C@H](N)[C@@H](OC(C)=O)[C@H]1OC(C)=O. The van der Waals surface area contributed by atoms with E-state index in [2.05, 4.69) is 0 Å². The molecule has 27 heavy (non-hydrogen) atoms. The Balaban J connectivity index is 2.89. The highest BCUT2D eigenvalue weighted by Crippen LogP contribution is 2.26. The van der Waals surface area contributed by atoms with Crippen molar-refractivity contribution in [3.05, 3.63) is 0 Å². The Morgan fingerprint density at radius 1 is 0.926 bits per heavy atom. The zero-order valence-corrected chi connectivity index (χ0v) is 15.8. The molecule has 0 bridgehead atoms. The maximum Gasteiger partial charge on any atom is 0.303 e. The van der Waals surface area contributed by atoms with Crippen LogP contribution in [0.25, 0.3) is 0 Å². The van der Waals surface area contributed by atoms with Crippen LogP contribution in [0, 0.1) is 0 Å². The maximum absolute atomic E-state index is 11.5. The number of ether oxygens (including phenoxy) is 6. The monoisotopic (exact) mass is 392 g/mol. The van der Waals surface area contributed by atoms with Crippen LogP contribution < -0.4 is 11.5 Å². The van der Waals surface area contributed by atoms with Gasteiger partial charge in [0.05, 0.1) is 25.9 Å². The molecule has 4 N–H and O–H groups in total. The van der Waals surface area contributed by atoms with Crippen LogP contribution in [0.4, 0.5) is 0 Å². The Kier molecular flexibility index (Phi) is 10.2. The van der Waals surface area contributed by atoms with Gasteiger partial charge in [0, 0.05) is 27.3 Å². The molecule has 0 saturated carbocycles. The molecule has 5 atom stereocenters. The molecule has 156 valence electrons. The van der Waals surface area contributed by atoms with Crippen molar-refractivity contribution >= 4 is 17.9 Å². The average Bonchev–Trinajstić information content (AvgIpc) is 2.57. The molecule has 0 amide bonds. The molecule has 0 aromatic carbocycles. The van der Waals surface area contributed by atoms with Crippen LogP contribution in [0.5, 0.6) is 0 Å². The Morgan fingerprint density at radius 2 is 1.56 bits per heavy atom. The molecule has 0 aromatic heterocycles. The summed E-state index contributed by atoms with van der Waals surface area (Å²) in [4.78, 5) is 34.1. The van der Waals surface area contributed by atoms with E-state index in [1.54, 1.807) is 0 Å². The van der Waals surface area contributed by atoms with Crippen LogP contribution in [0.15, 0.2) is 0 Å². The van der Waals surface area contributed by atoms with Crippen LogP contribution in [0.2, 0.25) is 0 Å². The zero-order chi connectivity index (χ0) is 20.4. The predicted molar refractivity (Wildman–Crippen MR) is 90.2 cm³/mol. The fourth-order valence-corrected chi connectivity index (χ4v) is 2.49. The lowest BCUT2D eigenvalue weighted by Gasteiger charge is -2.43. The van der Waals surface area contributed by atoms with Gasteiger partial charge in [0.15, 0.2) is 18.5 Å². The van der Waals surface area contributed by atoms with Gasteiger partial charge in [0.25, 0.3) is 0 Å². The molecule has 1 heterocycles. The van der Waals surface area contributed by atoms with E-state index >= 15 is 0 Å². The van der Waals surface area contributed by atoms with Crippen molar-refractivity contribution in [2.24, 2.45) is 11.5 Å². The number of hydrogen-bond acceptors (Lipinski definition) is 11. The molecular formula is C16H28N2O9. The Morgan fingerprint density at radius 3 is 2.11 bits per heavy atom. The molecule has 1 rings (SSSR count). The normalized spacial score (nSPS) is 27.7. The van der Waals surface area contributed by atoms with E-state index in [0.717, 1.165) is 0 Å². The van der Waals surface area contributed by atoms with Gasteiger partial charge in [0.2, 0.25) is 0 Å². The summed E-state index contributed by atoms with van der Waals surface area (Å²) in [7, 11) is 0. The number of esters is 3. The van der Waals surface area contributed by atoms with Crippen molar-refractivity contribution in [3.8, 4) is 0 Å². The van der Waals surface area contributed by atoms with Gasteiger partial charge in [-0.15, -0.1) is 0 Å². The molecule has 1 fully saturated rings. The van der Waals surface area contributed by atoms with Crippen molar-refractivity contribution in [1.82, 2.24) is 0 Å². The zero-order valence-electron chi connectivity index (χ0n) is 15.8. The third-order valence-corrected chi connectivity index (χ3v) is 3.52. The summed E-state index contributed by atoms with van der Waals surface area (Å²) >= 11 is 0. The summed E-state index contributed by atoms with van der Waals surface area (Å²) in [5, 5.41) is 0. The van der Waals surface area contributed by atoms with E-state index in [9.17, 15) is 14.4 Å². The lowest BCUT2D eigenvalue weighted by molar-refractivity contribution is -0.275. The van der Waals surface area contributed by atoms with E-state index in [4.69, 9.17) is 39.9 Å². The van der Waals surface area contributed by atoms with Gasteiger partial charge in [-0.25, -0.2) is 0 Å². The summed E-state index contributed by atoms with van der Waals surface area (Å²) in [6, 6.07) is -0.943. The molecule has 11 heteroatoms. The highest BCUT2D eigenvalue weighted by molar-refractivity contribution is 5.67. The van der Waals surface area contributed by atoms with Gasteiger partial charge in [-0.1, -0.05) is 0 Å². The molecule has 1 aliphatic heterocycles. The Bertz CT molecular complexity index is 502. The Hall–Kier alpha value is -1.79. The first kappa shape index (κ1) is 23.2. The number of carbonyl (C=O) groups is 3. The second kappa shape index (κ2) is 11.8. The minimum atomic E-state index is -1.06. The van der Waals surface area contributed by atoms with E-state index in [1.165, 1.54) is 20.8 Å². The molecule has 1 aliphatic rings. The minimum absolute atomic E-state index is 0.143. The van der Waals surface area contributed by atoms with Crippen LogP contribution in [0.1, 0.15) is 20.8 Å². The second-order valence-electron chi connectivity index (χ2n) is 5.84. The summed E-state index contributed by atoms with van der Waals surface area (Å²) in [6.07, 6.45) is -4.04. The van der Waals surface area contributed by atoms with Gasteiger partial charge in [-0.05, 0) is 0 Å². The Labute approximate surface area is 157 Å². The van der Waals surface area contributed by atoms with Gasteiger partial charge in [0.1, 0.15) is 12.7 Å². The van der Waals surface area contributed by atoms with Crippen molar-refractivity contribution in [2.45, 2.75) is 51.4 Å². The van der Waals surface area contributed by atoms with E-state index < -0.39 is 48.6 Å². The third-order valence-electron chi connectivity index (χ3n) is 3.52. The van der Waals surface area contributed by atoms with Gasteiger partial charge >= 0.3 is 17.9 Å². The van der Waals surface area contributed by atoms with Crippen molar-refractivity contribution < 1.29 is 42.8 Å². The first-order valence-corrected chi connectivity index (χ1v) is 8.54. The first-order chi connectivity index (χ1) is 12.8. The third kappa shape index (κ3) is 8.18. The first-order valence-electron chi connectivity index (χ1n) is 8.54. The molecule has 0 spiro atoms. The largest absolute Gasteiger partial charge is 0.463 e. The van der Waals surface area contributed by atoms with Gasteiger partial charge in [-0.2, -0.15) is 0 Å². The van der Waals surface area contributed by atoms with Crippen LogP contribution in [-0.4, -0.2) is 81.5 Å². The fourth-order valence-electron chi connectivity index (χ4n) is 2.49. The topological polar surface area (TPSA) is 159 Å². The van der Waals surface area contributed by atoms with Crippen LogP contribution in [-0.2, 0) is 42.8 Å². The van der Waals surface area contributed by atoms with Crippen molar-refractivity contribution in [2.75, 3.05) is 33.0 Å². The van der Waals surface area contributed by atoms with Crippen LogP contribution in [0.3, 0.4) is 0 Å². The smallest absolute Gasteiger partial charge is 0.303 e. The summed E-state index contributed by atoms with van der Waals surface area (Å²) in [5.41, 5.74) is 11.4. The highest BCUT2D eigenvalue weighted by atomic mass is 16.7. The second-order valence-corrected chi connectivity index (χ2v) is 5.84. The number of rotatable bonds is 10. The molecule has 0 aromatic rings. The standard InChI is InChI=1S/C16H28N2O9/c1-9(19)24-8-12-14(25-10(2)20)15(26-11(3)21)13(18)16(27-12)23-7-6-22-5-4-17/h12-16H,4-8,17-18H2,1-3H3/t12-,13-,14+,15-,16-/m1/s1. The lowest BCUT2D eigenvalue weighted by atomic mass is 9.97. The minimum Gasteiger partial charge on any atom is -0.463 e. The number of nitrogens with two attached hydrogens (primary N) is 2. The molecule has 0 unspecified atom stereocenters. The number of carbonyl (C=O) groups excluding carboxylic acids is 3. The maximum atomic E-state index is 11.5. The number of hydrogen-bond donors (Lipinski definition) is 2. The van der Waals surface area contributed by atoms with Crippen molar-refractivity contribution in [3.63, 3.8) is 0 Å². The van der Waals surface area contributed by atoms with Crippen LogP contribution >= 0.6 is 0 Å². The summed E-state index contributed by atoms with van der Waals surface area (Å²) < 4.78 is 31.9. The summed E-state index contributed by atoms with van der Waals surface area (Å²) in [5.74, 6) is -1.80. The molecule has 1 saturated heterocycles. The molecule has 11 nitrogen and oxygen atoms in total. The van der Waals surface area contributed by atoms with E-state index in [-0.39, 0.29) is 19.8 Å². The molecule has 0 radical (unpaired) electrons. The molecule has 0 aliphatic carbocycles. The fraction of sp³-hybridized carbons (Fsp3) is 0.812. The average molecular weight is 392 g/mol. The van der Waals surface area contributed by atoms with Gasteiger partial charge < -0.3 is 39.9 Å². The van der Waals surface area contributed by atoms with E-state index in [0.29, 0.717) is 13.2 Å². The predicted octanol–water partition coefficient (Wildman–Crippen LogP) is -1.54. The molecular weight excluding hydrogens is 364 g/mol. The lowest BCUT2D eigenvalue weighted by Crippen LogP contribution is -2.64. The highest BCUT2D eigenvalue weighted by Gasteiger charge is 2.49. The van der Waals surface area contributed by atoms with Gasteiger partial charge in [-0.3, -0.25) is 14.4 Å². The quantitative estimate of drug-likeness (QED) is 0.252.